The van der Waals surface area contributed by atoms with Crippen LogP contribution < -0.4 is 5.32 Å². The molecule has 2 aromatic carbocycles. The van der Waals surface area contributed by atoms with Gasteiger partial charge >= 0.3 is 5.91 Å². The Bertz CT molecular complexity index is 1310. The van der Waals surface area contributed by atoms with Crippen molar-refractivity contribution in [3.05, 3.63) is 88.2 Å². The fourth-order valence-electron chi connectivity index (χ4n) is 3.06. The Balaban J connectivity index is 1.65. The molecule has 0 aliphatic carbocycles. The standard InChI is InChI=1S/C23H18N4O3S/c1-27-19-12-6-5-11-17(19)20(23(27)30)25-26-22(29)18(14-16-10-7-13-31-16)24-21(28)15-8-3-2-4-9-15/h2-14,30H,1H3,(H,24,28)/b18-14+,26-25?. The van der Waals surface area contributed by atoms with E-state index in [2.05, 4.69) is 15.5 Å². The van der Waals surface area contributed by atoms with E-state index in [-0.39, 0.29) is 17.3 Å². The Hall–Kier alpha value is -4.04. The van der Waals surface area contributed by atoms with Crippen molar-refractivity contribution in [2.24, 2.45) is 17.3 Å². The molecular weight excluding hydrogens is 412 g/mol. The second-order valence-electron chi connectivity index (χ2n) is 6.65. The third-order valence-electron chi connectivity index (χ3n) is 4.64. The number of carbonyl (C=O) groups is 2. The van der Waals surface area contributed by atoms with Gasteiger partial charge in [-0.25, -0.2) is 0 Å². The van der Waals surface area contributed by atoms with Crippen molar-refractivity contribution in [3.8, 4) is 5.88 Å². The first-order chi connectivity index (χ1) is 15.0. The second-order valence-corrected chi connectivity index (χ2v) is 7.63. The number of carbonyl (C=O) groups excluding carboxylic acids is 2. The summed E-state index contributed by atoms with van der Waals surface area (Å²) in [5, 5.41) is 23.3. The molecule has 0 unspecified atom stereocenters. The van der Waals surface area contributed by atoms with Crippen molar-refractivity contribution in [1.29, 1.82) is 0 Å². The molecular formula is C23H18N4O3S. The van der Waals surface area contributed by atoms with E-state index < -0.39 is 11.8 Å². The Morgan fingerprint density at radius 1 is 1.03 bits per heavy atom. The number of aromatic hydroxyl groups is 1. The monoisotopic (exact) mass is 430 g/mol. The normalized spacial score (nSPS) is 11.8. The quantitative estimate of drug-likeness (QED) is 0.343. The molecule has 0 saturated heterocycles. The van der Waals surface area contributed by atoms with E-state index in [1.807, 2.05) is 35.7 Å². The molecule has 4 rings (SSSR count). The summed E-state index contributed by atoms with van der Waals surface area (Å²) < 4.78 is 1.56. The number of azo groups is 1. The average Bonchev–Trinajstić information content (AvgIpc) is 3.39. The lowest BCUT2D eigenvalue weighted by molar-refractivity contribution is -0.115. The van der Waals surface area contributed by atoms with Crippen LogP contribution in [0, 0.1) is 0 Å². The van der Waals surface area contributed by atoms with Gasteiger partial charge in [-0.05, 0) is 35.7 Å². The molecule has 2 aromatic heterocycles. The third kappa shape index (κ3) is 4.29. The predicted molar refractivity (Wildman–Crippen MR) is 120 cm³/mol. The van der Waals surface area contributed by atoms with E-state index in [0.717, 1.165) is 10.4 Å². The lowest BCUT2D eigenvalue weighted by atomic mass is 10.2. The van der Waals surface area contributed by atoms with Crippen LogP contribution in [0.1, 0.15) is 15.2 Å². The zero-order valence-corrected chi connectivity index (χ0v) is 17.3. The Labute approximate surface area is 182 Å². The van der Waals surface area contributed by atoms with Gasteiger partial charge in [0.05, 0.1) is 5.52 Å². The fourth-order valence-corrected chi connectivity index (χ4v) is 3.72. The number of benzene rings is 2. The van der Waals surface area contributed by atoms with Crippen LogP contribution >= 0.6 is 11.3 Å². The van der Waals surface area contributed by atoms with Crippen molar-refractivity contribution in [1.82, 2.24) is 9.88 Å². The number of thiophene rings is 1. The molecule has 0 saturated carbocycles. The Morgan fingerprint density at radius 3 is 2.52 bits per heavy atom. The lowest BCUT2D eigenvalue weighted by Gasteiger charge is -2.06. The first-order valence-corrected chi connectivity index (χ1v) is 10.3. The molecule has 4 aromatic rings. The lowest BCUT2D eigenvalue weighted by Crippen LogP contribution is -2.26. The van der Waals surface area contributed by atoms with E-state index in [9.17, 15) is 14.7 Å². The SMILES string of the molecule is Cn1c(O)c(N=NC(=O)/C(=C\c2cccs2)NC(=O)c2ccccc2)c2ccccc21. The maximum absolute atomic E-state index is 12.8. The topological polar surface area (TPSA) is 96.0 Å². The van der Waals surface area contributed by atoms with Crippen LogP contribution in [0.15, 0.2) is 88.0 Å². The van der Waals surface area contributed by atoms with E-state index >= 15 is 0 Å². The number of nitrogens with zero attached hydrogens (tertiary/aromatic N) is 3. The molecule has 2 N–H and O–H groups in total. The Kier molecular flexibility index (Phi) is 5.72. The van der Waals surface area contributed by atoms with Crippen LogP contribution in [0.3, 0.4) is 0 Å². The van der Waals surface area contributed by atoms with Crippen molar-refractivity contribution in [2.75, 3.05) is 0 Å². The molecule has 0 atom stereocenters. The number of para-hydroxylation sites is 1. The zero-order chi connectivity index (χ0) is 21.8. The van der Waals surface area contributed by atoms with Gasteiger partial charge in [-0.2, -0.15) is 0 Å². The van der Waals surface area contributed by atoms with Gasteiger partial charge in [0.1, 0.15) is 5.70 Å². The minimum absolute atomic E-state index is 0.0141. The highest BCUT2D eigenvalue weighted by atomic mass is 32.1. The molecule has 0 fully saturated rings. The highest BCUT2D eigenvalue weighted by Crippen LogP contribution is 2.37. The fraction of sp³-hybridized carbons (Fsp3) is 0.0435. The number of fused-ring (bicyclic) bond motifs is 1. The molecule has 0 aliphatic heterocycles. The van der Waals surface area contributed by atoms with E-state index in [1.54, 1.807) is 54.1 Å². The summed E-state index contributed by atoms with van der Waals surface area (Å²) in [5.74, 6) is -1.26. The van der Waals surface area contributed by atoms with Crippen LogP contribution in [-0.4, -0.2) is 21.5 Å². The van der Waals surface area contributed by atoms with Gasteiger partial charge < -0.3 is 15.0 Å². The van der Waals surface area contributed by atoms with Crippen molar-refractivity contribution in [3.63, 3.8) is 0 Å². The van der Waals surface area contributed by atoms with Gasteiger partial charge in [0.15, 0.2) is 5.69 Å². The first-order valence-electron chi connectivity index (χ1n) is 9.38. The minimum atomic E-state index is -0.731. The molecule has 0 radical (unpaired) electrons. The van der Waals surface area contributed by atoms with Crippen molar-refractivity contribution >= 4 is 45.8 Å². The van der Waals surface area contributed by atoms with E-state index in [1.165, 1.54) is 11.3 Å². The molecule has 0 bridgehead atoms. The van der Waals surface area contributed by atoms with Gasteiger partial charge in [0.2, 0.25) is 5.88 Å². The summed E-state index contributed by atoms with van der Waals surface area (Å²) in [5.41, 5.74) is 1.35. The van der Waals surface area contributed by atoms with Crippen LogP contribution in [0.5, 0.6) is 5.88 Å². The van der Waals surface area contributed by atoms with Crippen LogP contribution in [-0.2, 0) is 11.8 Å². The highest BCUT2D eigenvalue weighted by Gasteiger charge is 2.17. The number of amides is 2. The number of aryl methyl sites for hydroxylation is 1. The number of aromatic nitrogens is 1. The molecule has 8 heteroatoms. The zero-order valence-electron chi connectivity index (χ0n) is 16.5. The molecule has 7 nitrogen and oxygen atoms in total. The third-order valence-corrected chi connectivity index (χ3v) is 5.45. The summed E-state index contributed by atoms with van der Waals surface area (Å²) in [4.78, 5) is 26.2. The van der Waals surface area contributed by atoms with Gasteiger partial charge in [0, 0.05) is 22.9 Å². The second kappa shape index (κ2) is 8.76. The van der Waals surface area contributed by atoms with E-state index in [4.69, 9.17) is 0 Å². The van der Waals surface area contributed by atoms with Gasteiger partial charge in [-0.3, -0.25) is 9.59 Å². The first kappa shape index (κ1) is 20.2. The summed E-state index contributed by atoms with van der Waals surface area (Å²) in [6, 6.07) is 19.5. The largest absolute Gasteiger partial charge is 0.493 e. The molecule has 2 amide bonds. The van der Waals surface area contributed by atoms with Crippen molar-refractivity contribution < 1.29 is 14.7 Å². The number of nitrogens with one attached hydrogen (secondary N) is 1. The maximum Gasteiger partial charge on any atom is 0.311 e. The van der Waals surface area contributed by atoms with Gasteiger partial charge in [0.25, 0.3) is 5.91 Å². The maximum atomic E-state index is 12.8. The minimum Gasteiger partial charge on any atom is -0.493 e. The van der Waals surface area contributed by atoms with E-state index in [0.29, 0.717) is 10.9 Å². The van der Waals surface area contributed by atoms with Crippen molar-refractivity contribution in [2.45, 2.75) is 0 Å². The highest BCUT2D eigenvalue weighted by molar-refractivity contribution is 7.10. The molecule has 0 spiro atoms. The van der Waals surface area contributed by atoms with Gasteiger partial charge in [-0.15, -0.1) is 21.6 Å². The number of rotatable bonds is 5. The average molecular weight is 430 g/mol. The molecule has 0 aliphatic rings. The van der Waals surface area contributed by atoms with Gasteiger partial charge in [-0.1, -0.05) is 42.5 Å². The molecule has 31 heavy (non-hydrogen) atoms. The number of hydrogen-bond donors (Lipinski definition) is 2. The summed E-state index contributed by atoms with van der Waals surface area (Å²) in [6.45, 7) is 0. The molecule has 154 valence electrons. The number of hydrogen-bond acceptors (Lipinski definition) is 5. The summed E-state index contributed by atoms with van der Waals surface area (Å²) >= 11 is 1.42. The Morgan fingerprint density at radius 2 is 1.77 bits per heavy atom. The van der Waals surface area contributed by atoms with Crippen LogP contribution in [0.4, 0.5) is 5.69 Å². The molecule has 2 heterocycles. The van der Waals surface area contributed by atoms with Crippen LogP contribution in [0.2, 0.25) is 0 Å². The summed E-state index contributed by atoms with van der Waals surface area (Å²) in [7, 11) is 1.70. The summed E-state index contributed by atoms with van der Waals surface area (Å²) in [6.07, 6.45) is 1.55. The predicted octanol–water partition coefficient (Wildman–Crippen LogP) is 5.03. The van der Waals surface area contributed by atoms with Crippen LogP contribution in [0.25, 0.3) is 17.0 Å². The smallest absolute Gasteiger partial charge is 0.311 e.